The molecule has 132 valence electrons. The van der Waals surface area contributed by atoms with Crippen LogP contribution in [-0.2, 0) is 14.8 Å². The third-order valence-electron chi connectivity index (χ3n) is 4.19. The summed E-state index contributed by atoms with van der Waals surface area (Å²) in [5.41, 5.74) is 1.37. The van der Waals surface area contributed by atoms with Gasteiger partial charge in [-0.25, -0.2) is 13.1 Å². The number of hydrogen-bond donors (Lipinski definition) is 1. The highest BCUT2D eigenvalue weighted by Crippen LogP contribution is 2.23. The van der Waals surface area contributed by atoms with E-state index in [1.54, 1.807) is 17.0 Å². The molecular formula is C18H20N2O4S. The number of amides is 1. The van der Waals surface area contributed by atoms with Gasteiger partial charge in [-0.05, 0) is 30.8 Å². The van der Waals surface area contributed by atoms with Crippen LogP contribution in [0.25, 0.3) is 0 Å². The van der Waals surface area contributed by atoms with Gasteiger partial charge >= 0.3 is 0 Å². The van der Waals surface area contributed by atoms with E-state index in [-0.39, 0.29) is 16.9 Å². The number of ether oxygens (including phenoxy) is 1. The van der Waals surface area contributed by atoms with Crippen molar-refractivity contribution < 1.29 is 17.9 Å². The first-order chi connectivity index (χ1) is 12.0. The molecule has 7 heteroatoms. The Morgan fingerprint density at radius 2 is 1.92 bits per heavy atom. The summed E-state index contributed by atoms with van der Waals surface area (Å²) in [7, 11) is -2.24. The van der Waals surface area contributed by atoms with E-state index in [0.29, 0.717) is 25.3 Å². The Hall–Kier alpha value is -2.22. The fraction of sp³-hybridized carbons (Fsp3) is 0.278. The smallest absolute Gasteiger partial charge is 0.254 e. The van der Waals surface area contributed by atoms with Crippen molar-refractivity contribution in [1.29, 1.82) is 0 Å². The average molecular weight is 360 g/mol. The number of morpholine rings is 1. The van der Waals surface area contributed by atoms with Crippen LogP contribution >= 0.6 is 0 Å². The van der Waals surface area contributed by atoms with Crippen LogP contribution in [0.15, 0.2) is 59.5 Å². The molecule has 0 bridgehead atoms. The van der Waals surface area contributed by atoms with Crippen LogP contribution < -0.4 is 4.72 Å². The van der Waals surface area contributed by atoms with Crippen molar-refractivity contribution in [3.63, 3.8) is 0 Å². The monoisotopic (exact) mass is 360 g/mol. The second-order valence-corrected chi connectivity index (χ2v) is 7.64. The van der Waals surface area contributed by atoms with Crippen LogP contribution in [-0.4, -0.2) is 46.0 Å². The van der Waals surface area contributed by atoms with E-state index in [1.165, 1.54) is 19.2 Å². The predicted molar refractivity (Wildman–Crippen MR) is 93.7 cm³/mol. The Labute approximate surface area is 147 Å². The van der Waals surface area contributed by atoms with Crippen molar-refractivity contribution in [1.82, 2.24) is 9.62 Å². The molecule has 0 spiro atoms. The molecule has 1 amide bonds. The zero-order valence-corrected chi connectivity index (χ0v) is 14.7. The molecular weight excluding hydrogens is 340 g/mol. The van der Waals surface area contributed by atoms with E-state index in [1.807, 2.05) is 30.3 Å². The Morgan fingerprint density at radius 1 is 1.16 bits per heavy atom. The molecule has 1 saturated heterocycles. The fourth-order valence-electron chi connectivity index (χ4n) is 2.80. The number of sulfonamides is 1. The van der Waals surface area contributed by atoms with Crippen molar-refractivity contribution in [3.05, 3.63) is 65.7 Å². The third-order valence-corrected chi connectivity index (χ3v) is 5.60. The van der Waals surface area contributed by atoms with E-state index >= 15 is 0 Å². The largest absolute Gasteiger partial charge is 0.370 e. The van der Waals surface area contributed by atoms with Gasteiger partial charge in [0.2, 0.25) is 10.0 Å². The van der Waals surface area contributed by atoms with Gasteiger partial charge < -0.3 is 9.64 Å². The Bertz CT molecular complexity index is 852. The topological polar surface area (TPSA) is 75.7 Å². The lowest BCUT2D eigenvalue weighted by Gasteiger charge is -2.33. The normalized spacial score (nSPS) is 18.1. The third kappa shape index (κ3) is 3.89. The lowest BCUT2D eigenvalue weighted by Crippen LogP contribution is -2.42. The van der Waals surface area contributed by atoms with Gasteiger partial charge in [-0.15, -0.1) is 0 Å². The molecule has 0 saturated carbocycles. The maximum absolute atomic E-state index is 12.8. The molecule has 2 aromatic rings. The standard InChI is InChI=1S/C18H20N2O4S/c1-19-25(22,23)16-9-5-8-15(12-16)18(21)20-10-11-24-17(13-20)14-6-3-2-4-7-14/h2-9,12,17,19H,10-11,13H2,1H3/t17-/m1/s1. The second kappa shape index (κ2) is 7.35. The maximum atomic E-state index is 12.8. The molecule has 1 N–H and O–H groups in total. The van der Waals surface area contributed by atoms with Crippen LogP contribution in [0.3, 0.4) is 0 Å². The molecule has 2 aromatic carbocycles. The number of carbonyl (C=O) groups excluding carboxylic acids is 1. The lowest BCUT2D eigenvalue weighted by atomic mass is 10.1. The first-order valence-corrected chi connectivity index (χ1v) is 9.49. The van der Waals surface area contributed by atoms with Crippen molar-refractivity contribution >= 4 is 15.9 Å². The first-order valence-electron chi connectivity index (χ1n) is 8.01. The van der Waals surface area contributed by atoms with Gasteiger partial charge in [-0.3, -0.25) is 4.79 Å². The van der Waals surface area contributed by atoms with Gasteiger partial charge in [0.1, 0.15) is 6.10 Å². The van der Waals surface area contributed by atoms with E-state index in [2.05, 4.69) is 4.72 Å². The van der Waals surface area contributed by atoms with Crippen LogP contribution in [0.2, 0.25) is 0 Å². The van der Waals surface area contributed by atoms with Gasteiger partial charge in [0.05, 0.1) is 18.0 Å². The first kappa shape index (κ1) is 17.6. The fourth-order valence-corrected chi connectivity index (χ4v) is 3.58. The minimum atomic E-state index is -3.58. The van der Waals surface area contributed by atoms with Crippen LogP contribution in [0.4, 0.5) is 0 Å². The number of nitrogens with one attached hydrogen (secondary N) is 1. The van der Waals surface area contributed by atoms with Crippen molar-refractivity contribution in [2.45, 2.75) is 11.0 Å². The molecule has 1 fully saturated rings. The molecule has 0 aliphatic carbocycles. The van der Waals surface area contributed by atoms with Gasteiger partial charge in [0, 0.05) is 12.1 Å². The highest BCUT2D eigenvalue weighted by Gasteiger charge is 2.26. The lowest BCUT2D eigenvalue weighted by molar-refractivity contribution is -0.0228. The average Bonchev–Trinajstić information content (AvgIpc) is 2.68. The molecule has 1 atom stereocenters. The zero-order chi connectivity index (χ0) is 17.9. The quantitative estimate of drug-likeness (QED) is 0.902. The molecule has 0 radical (unpaired) electrons. The van der Waals surface area contributed by atoms with Crippen molar-refractivity contribution in [2.75, 3.05) is 26.7 Å². The number of rotatable bonds is 4. The minimum absolute atomic E-state index is 0.0775. The van der Waals surface area contributed by atoms with E-state index in [9.17, 15) is 13.2 Å². The van der Waals surface area contributed by atoms with Crippen molar-refractivity contribution in [3.8, 4) is 0 Å². The zero-order valence-electron chi connectivity index (χ0n) is 13.9. The summed E-state index contributed by atoms with van der Waals surface area (Å²) >= 11 is 0. The van der Waals surface area contributed by atoms with Crippen molar-refractivity contribution in [2.24, 2.45) is 0 Å². The molecule has 1 aliphatic rings. The summed E-state index contributed by atoms with van der Waals surface area (Å²) in [6.07, 6.45) is -0.178. The summed E-state index contributed by atoms with van der Waals surface area (Å²) in [4.78, 5) is 14.6. The highest BCUT2D eigenvalue weighted by molar-refractivity contribution is 7.89. The van der Waals surface area contributed by atoms with Gasteiger partial charge in [-0.2, -0.15) is 0 Å². The Balaban J connectivity index is 1.80. The van der Waals surface area contributed by atoms with Crippen LogP contribution in [0.1, 0.15) is 22.0 Å². The summed E-state index contributed by atoms with van der Waals surface area (Å²) in [5.74, 6) is -0.197. The molecule has 1 aliphatic heterocycles. The number of carbonyl (C=O) groups is 1. The van der Waals surface area contributed by atoms with Crippen LogP contribution in [0, 0.1) is 0 Å². The molecule has 25 heavy (non-hydrogen) atoms. The molecule has 0 unspecified atom stereocenters. The van der Waals surface area contributed by atoms with Gasteiger partial charge in [0.25, 0.3) is 5.91 Å². The van der Waals surface area contributed by atoms with E-state index in [4.69, 9.17) is 4.74 Å². The highest BCUT2D eigenvalue weighted by atomic mass is 32.2. The Morgan fingerprint density at radius 3 is 2.64 bits per heavy atom. The molecule has 3 rings (SSSR count). The SMILES string of the molecule is CNS(=O)(=O)c1cccc(C(=O)N2CCO[C@@H](c3ccccc3)C2)c1. The Kier molecular flexibility index (Phi) is 5.17. The molecule has 0 aromatic heterocycles. The summed E-state index contributed by atoms with van der Waals surface area (Å²) in [6, 6.07) is 15.8. The second-order valence-electron chi connectivity index (χ2n) is 5.76. The van der Waals surface area contributed by atoms with Gasteiger partial charge in [-0.1, -0.05) is 36.4 Å². The summed E-state index contributed by atoms with van der Waals surface area (Å²) in [5, 5.41) is 0. The summed E-state index contributed by atoms with van der Waals surface area (Å²) < 4.78 is 31.9. The number of hydrogen-bond acceptors (Lipinski definition) is 4. The van der Waals surface area contributed by atoms with Crippen LogP contribution in [0.5, 0.6) is 0 Å². The molecule has 6 nitrogen and oxygen atoms in total. The van der Waals surface area contributed by atoms with E-state index < -0.39 is 10.0 Å². The number of benzene rings is 2. The van der Waals surface area contributed by atoms with E-state index in [0.717, 1.165) is 5.56 Å². The summed E-state index contributed by atoms with van der Waals surface area (Å²) in [6.45, 7) is 1.36. The predicted octanol–water partition coefficient (Wildman–Crippen LogP) is 1.81. The van der Waals surface area contributed by atoms with Gasteiger partial charge in [0.15, 0.2) is 0 Å². The minimum Gasteiger partial charge on any atom is -0.370 e. The molecule has 1 heterocycles. The maximum Gasteiger partial charge on any atom is 0.254 e. The number of nitrogens with zero attached hydrogens (tertiary/aromatic N) is 1.